The lowest BCUT2D eigenvalue weighted by Gasteiger charge is -2.36. The van der Waals surface area contributed by atoms with Crippen molar-refractivity contribution < 1.29 is 9.47 Å². The standard InChI is InChI=1S/C22H25BrFN7O/c1-14(32-24)10-17(26)13-30-6-8-31(9-7-30)20-18(23)12-27-22-19(20)28-21(29-22)16-4-2-15(11-25)3-5-16/h2-5,10,12,26H,6-9,11,13,25H2,1H3,(H,27,28,29)/b14-10-,26-17?. The summed E-state index contributed by atoms with van der Waals surface area (Å²) in [5, 5.41) is 8.01. The molecule has 32 heavy (non-hydrogen) atoms. The van der Waals surface area contributed by atoms with Crippen LogP contribution in [0.1, 0.15) is 12.5 Å². The van der Waals surface area contributed by atoms with Crippen LogP contribution >= 0.6 is 15.9 Å². The van der Waals surface area contributed by atoms with Crippen molar-refractivity contribution in [1.29, 1.82) is 5.41 Å². The van der Waals surface area contributed by atoms with E-state index < -0.39 is 0 Å². The van der Waals surface area contributed by atoms with E-state index in [2.05, 4.69) is 40.6 Å². The summed E-state index contributed by atoms with van der Waals surface area (Å²) in [7, 11) is 0. The van der Waals surface area contributed by atoms with Crippen LogP contribution in [-0.2, 0) is 11.5 Å². The van der Waals surface area contributed by atoms with Gasteiger partial charge in [0.15, 0.2) is 5.65 Å². The van der Waals surface area contributed by atoms with Crippen LogP contribution in [0, 0.1) is 5.41 Å². The molecule has 1 saturated heterocycles. The van der Waals surface area contributed by atoms with Gasteiger partial charge in [-0.3, -0.25) is 9.84 Å². The van der Waals surface area contributed by atoms with Gasteiger partial charge in [0.1, 0.15) is 17.1 Å². The number of nitrogens with zero attached hydrogens (tertiary/aromatic N) is 4. The topological polar surface area (TPSA) is 107 Å². The van der Waals surface area contributed by atoms with Crippen LogP contribution in [0.15, 0.2) is 46.8 Å². The highest BCUT2D eigenvalue weighted by molar-refractivity contribution is 9.10. The summed E-state index contributed by atoms with van der Waals surface area (Å²) in [6.45, 7) is 5.58. The van der Waals surface area contributed by atoms with E-state index in [0.717, 1.165) is 58.8 Å². The first-order valence-corrected chi connectivity index (χ1v) is 11.1. The van der Waals surface area contributed by atoms with Crippen LogP contribution < -0.4 is 10.6 Å². The van der Waals surface area contributed by atoms with Gasteiger partial charge in [-0.25, -0.2) is 9.97 Å². The average Bonchev–Trinajstić information content (AvgIpc) is 3.24. The lowest BCUT2D eigenvalue weighted by molar-refractivity contribution is -0.0818. The van der Waals surface area contributed by atoms with Gasteiger partial charge in [0.2, 0.25) is 0 Å². The van der Waals surface area contributed by atoms with E-state index in [0.29, 0.717) is 24.4 Å². The first-order chi connectivity index (χ1) is 15.5. The van der Waals surface area contributed by atoms with Crippen molar-refractivity contribution >= 4 is 38.5 Å². The third-order valence-electron chi connectivity index (χ3n) is 5.49. The molecule has 4 N–H and O–H groups in total. The molecule has 0 atom stereocenters. The molecule has 168 valence electrons. The average molecular weight is 502 g/mol. The third-order valence-corrected chi connectivity index (χ3v) is 6.07. The van der Waals surface area contributed by atoms with Gasteiger partial charge in [0.25, 0.3) is 0 Å². The van der Waals surface area contributed by atoms with Crippen LogP contribution in [0.4, 0.5) is 10.2 Å². The smallest absolute Gasteiger partial charge is 0.180 e. The second-order valence-corrected chi connectivity index (χ2v) is 8.61. The Labute approximate surface area is 193 Å². The Kier molecular flexibility index (Phi) is 6.83. The fourth-order valence-corrected chi connectivity index (χ4v) is 4.40. The molecule has 8 nitrogen and oxygen atoms in total. The zero-order chi connectivity index (χ0) is 22.7. The lowest BCUT2D eigenvalue weighted by atomic mass is 10.1. The van der Waals surface area contributed by atoms with Gasteiger partial charge in [-0.2, -0.15) is 0 Å². The van der Waals surface area contributed by atoms with Crippen LogP contribution in [0.5, 0.6) is 0 Å². The van der Waals surface area contributed by atoms with E-state index in [1.807, 2.05) is 24.3 Å². The highest BCUT2D eigenvalue weighted by Gasteiger charge is 2.23. The Bertz CT molecular complexity index is 1140. The van der Waals surface area contributed by atoms with Crippen molar-refractivity contribution in [2.45, 2.75) is 13.5 Å². The molecule has 1 aliphatic rings. The van der Waals surface area contributed by atoms with Crippen molar-refractivity contribution in [3.05, 3.63) is 52.3 Å². The number of imidazole rings is 1. The number of aromatic nitrogens is 3. The van der Waals surface area contributed by atoms with Gasteiger partial charge < -0.3 is 21.0 Å². The lowest BCUT2D eigenvalue weighted by Crippen LogP contribution is -2.48. The predicted molar refractivity (Wildman–Crippen MR) is 127 cm³/mol. The van der Waals surface area contributed by atoms with Gasteiger partial charge in [-0.1, -0.05) is 24.3 Å². The molecular formula is C22H25BrFN7O. The van der Waals surface area contributed by atoms with Crippen molar-refractivity contribution in [2.24, 2.45) is 5.73 Å². The van der Waals surface area contributed by atoms with Crippen molar-refractivity contribution in [2.75, 3.05) is 37.6 Å². The number of benzene rings is 1. The number of halogens is 2. The van der Waals surface area contributed by atoms with Crippen LogP contribution in [0.3, 0.4) is 0 Å². The molecule has 0 radical (unpaired) electrons. The van der Waals surface area contributed by atoms with Gasteiger partial charge in [0.05, 0.1) is 10.2 Å². The van der Waals surface area contributed by atoms with Crippen LogP contribution in [0.25, 0.3) is 22.6 Å². The molecule has 4 rings (SSSR count). The normalized spacial score (nSPS) is 15.4. The van der Waals surface area contributed by atoms with E-state index >= 15 is 0 Å². The van der Waals surface area contributed by atoms with Gasteiger partial charge >= 0.3 is 0 Å². The number of hydrogen-bond acceptors (Lipinski definition) is 7. The minimum absolute atomic E-state index is 0.0875. The quantitative estimate of drug-likeness (QED) is 0.335. The molecule has 1 fully saturated rings. The third kappa shape index (κ3) is 4.82. The number of allylic oxidation sites excluding steroid dienone is 1. The molecule has 1 aliphatic heterocycles. The maximum Gasteiger partial charge on any atom is 0.180 e. The van der Waals surface area contributed by atoms with Crippen LogP contribution in [0.2, 0.25) is 0 Å². The SMILES string of the molecule is C/C(=C/C(=N)CN1CCN(c2c(Br)cnc3nc(-c4ccc(CN)cc4)[nH]c23)CC1)OF. The second-order valence-electron chi connectivity index (χ2n) is 7.76. The number of piperazine rings is 1. The number of nitrogens with two attached hydrogens (primary N) is 1. The van der Waals surface area contributed by atoms with Gasteiger partial charge in [-0.05, 0) is 28.4 Å². The Hall–Kier alpha value is -2.82. The molecule has 0 amide bonds. The fourth-order valence-electron chi connectivity index (χ4n) is 3.85. The number of aromatic amines is 1. The Balaban J connectivity index is 1.52. The summed E-state index contributed by atoms with van der Waals surface area (Å²) in [6.07, 6.45) is 3.19. The highest BCUT2D eigenvalue weighted by atomic mass is 79.9. The molecule has 1 aromatic carbocycles. The molecule has 0 bridgehead atoms. The number of nitrogens with one attached hydrogen (secondary N) is 2. The number of anilines is 1. The number of hydrogen-bond donors (Lipinski definition) is 3. The second kappa shape index (κ2) is 9.76. The Morgan fingerprint density at radius 1 is 1.28 bits per heavy atom. The minimum Gasteiger partial charge on any atom is -0.366 e. The van der Waals surface area contributed by atoms with E-state index in [1.54, 1.807) is 6.20 Å². The molecular weight excluding hydrogens is 477 g/mol. The summed E-state index contributed by atoms with van der Waals surface area (Å²) >= 11 is 3.66. The number of pyridine rings is 1. The van der Waals surface area contributed by atoms with Crippen molar-refractivity contribution in [3.63, 3.8) is 0 Å². The van der Waals surface area contributed by atoms with Gasteiger partial charge in [0, 0.05) is 67.3 Å². The van der Waals surface area contributed by atoms with Gasteiger partial charge in [-0.15, -0.1) is 0 Å². The molecule has 0 saturated carbocycles. The molecule has 0 spiro atoms. The Morgan fingerprint density at radius 3 is 2.66 bits per heavy atom. The van der Waals surface area contributed by atoms with E-state index in [1.165, 1.54) is 13.0 Å². The molecule has 3 aromatic rings. The molecule has 3 heterocycles. The van der Waals surface area contributed by atoms with Crippen molar-refractivity contribution in [1.82, 2.24) is 19.9 Å². The maximum atomic E-state index is 12.2. The summed E-state index contributed by atoms with van der Waals surface area (Å²) < 4.78 is 13.1. The highest BCUT2D eigenvalue weighted by Crippen LogP contribution is 2.34. The van der Waals surface area contributed by atoms with E-state index in [9.17, 15) is 4.53 Å². The summed E-state index contributed by atoms with van der Waals surface area (Å²) in [5.74, 6) is 0.851. The number of fused-ring (bicyclic) bond motifs is 1. The maximum absolute atomic E-state index is 12.2. The Morgan fingerprint density at radius 2 is 2.00 bits per heavy atom. The van der Waals surface area contributed by atoms with E-state index in [4.69, 9.17) is 16.1 Å². The largest absolute Gasteiger partial charge is 0.366 e. The molecule has 2 aromatic heterocycles. The zero-order valence-corrected chi connectivity index (χ0v) is 19.3. The predicted octanol–water partition coefficient (Wildman–Crippen LogP) is 3.79. The number of rotatable bonds is 7. The summed E-state index contributed by atoms with van der Waals surface area (Å²) in [5.41, 5.74) is 10.6. The monoisotopic (exact) mass is 501 g/mol. The minimum atomic E-state index is 0.0875. The van der Waals surface area contributed by atoms with E-state index in [-0.39, 0.29) is 5.76 Å². The fraction of sp³-hybridized carbons (Fsp3) is 0.318. The zero-order valence-electron chi connectivity index (χ0n) is 17.7. The summed E-state index contributed by atoms with van der Waals surface area (Å²) in [6, 6.07) is 8.01. The van der Waals surface area contributed by atoms with Crippen molar-refractivity contribution in [3.8, 4) is 11.4 Å². The first kappa shape index (κ1) is 22.4. The first-order valence-electron chi connectivity index (χ1n) is 10.3. The summed E-state index contributed by atoms with van der Waals surface area (Å²) in [4.78, 5) is 20.7. The molecule has 0 unspecified atom stereocenters. The number of H-pyrrole nitrogens is 1. The van der Waals surface area contributed by atoms with Crippen LogP contribution in [-0.4, -0.2) is 58.3 Å². The molecule has 10 heteroatoms. The molecule has 0 aliphatic carbocycles.